The third kappa shape index (κ3) is 6.04. The van der Waals surface area contributed by atoms with E-state index >= 15 is 0 Å². The lowest BCUT2D eigenvalue weighted by molar-refractivity contribution is -0.118. The highest BCUT2D eigenvalue weighted by Crippen LogP contribution is 2.49. The number of ketones is 1. The first-order valence-corrected chi connectivity index (χ1v) is 17.2. The Morgan fingerprint density at radius 3 is 1.67 bits per heavy atom. The number of para-hydroxylation sites is 2. The molecule has 5 aromatic rings. The topological polar surface area (TPSA) is 26.8 Å². The zero-order valence-electron chi connectivity index (χ0n) is 25.9. The maximum Gasteiger partial charge on any atom is 0.162 e. The summed E-state index contributed by atoms with van der Waals surface area (Å²) in [5.74, 6) is 0.241. The average molecular weight is 734 g/mol. The van der Waals surface area contributed by atoms with E-state index in [1.54, 1.807) is 0 Å². The molecule has 4 nitrogen and oxygen atoms in total. The molecular formula is C40H35Br2N3O. The second-order valence-corrected chi connectivity index (χ2v) is 14.6. The Kier molecular flexibility index (Phi) is 8.35. The van der Waals surface area contributed by atoms with E-state index < -0.39 is 0 Å². The molecule has 230 valence electrons. The molecule has 1 heterocycles. The maximum atomic E-state index is 13.8. The number of Topliss-reactive ketones (excluding diaryl/α,β-unsaturated/α-hetero) is 1. The smallest absolute Gasteiger partial charge is 0.162 e. The number of carbonyl (C=O) groups excluding carboxylic acids is 1. The van der Waals surface area contributed by atoms with Crippen LogP contribution in [0.15, 0.2) is 154 Å². The minimum Gasteiger partial charge on any atom is -0.342 e. The summed E-state index contributed by atoms with van der Waals surface area (Å²) in [6.07, 6.45) is 1.23. The average Bonchev–Trinajstić information content (AvgIpc) is 3.06. The van der Waals surface area contributed by atoms with Crippen LogP contribution in [-0.2, 0) is 4.79 Å². The van der Waals surface area contributed by atoms with E-state index in [1.807, 2.05) is 12.1 Å². The number of hydrogen-bond acceptors (Lipinski definition) is 4. The molecule has 0 saturated carbocycles. The Morgan fingerprint density at radius 2 is 1.13 bits per heavy atom. The number of anilines is 5. The fourth-order valence-electron chi connectivity index (χ4n) is 6.77. The number of carbonyl (C=O) groups is 1. The van der Waals surface area contributed by atoms with Crippen molar-refractivity contribution >= 4 is 66.1 Å². The lowest BCUT2D eigenvalue weighted by Gasteiger charge is -2.51. The molecule has 0 fully saturated rings. The maximum absolute atomic E-state index is 13.8. The molecule has 2 aliphatic rings. The van der Waals surface area contributed by atoms with Gasteiger partial charge in [-0.25, -0.2) is 0 Å². The van der Waals surface area contributed by atoms with Crippen molar-refractivity contribution < 1.29 is 4.79 Å². The summed E-state index contributed by atoms with van der Waals surface area (Å²) in [6.45, 7) is 4.98. The van der Waals surface area contributed by atoms with E-state index in [2.05, 4.69) is 182 Å². The molecule has 0 N–H and O–H groups in total. The van der Waals surface area contributed by atoms with Crippen LogP contribution < -0.4 is 14.7 Å². The van der Waals surface area contributed by atoms with Gasteiger partial charge in [0.15, 0.2) is 5.78 Å². The van der Waals surface area contributed by atoms with Gasteiger partial charge in [0.2, 0.25) is 0 Å². The lowest BCUT2D eigenvalue weighted by atomic mass is 9.74. The number of rotatable bonds is 6. The lowest BCUT2D eigenvalue weighted by Crippen LogP contribution is -2.51. The summed E-state index contributed by atoms with van der Waals surface area (Å²) < 4.78 is 2.05. The van der Waals surface area contributed by atoms with Crippen molar-refractivity contribution in [3.8, 4) is 0 Å². The highest BCUT2D eigenvalue weighted by Gasteiger charge is 2.43. The molecule has 1 unspecified atom stereocenters. The van der Waals surface area contributed by atoms with Gasteiger partial charge in [-0.3, -0.25) is 4.79 Å². The first-order valence-electron chi connectivity index (χ1n) is 15.6. The van der Waals surface area contributed by atoms with Crippen molar-refractivity contribution in [2.24, 2.45) is 5.41 Å². The minimum atomic E-state index is -0.168. The van der Waals surface area contributed by atoms with Crippen LogP contribution in [0.3, 0.4) is 0 Å². The largest absolute Gasteiger partial charge is 0.342 e. The van der Waals surface area contributed by atoms with Gasteiger partial charge >= 0.3 is 0 Å². The van der Waals surface area contributed by atoms with Crippen molar-refractivity contribution in [3.63, 3.8) is 0 Å². The fraction of sp³-hybridized carbons (Fsp3) is 0.175. The number of allylic oxidation sites excluding steroid dienone is 1. The van der Waals surface area contributed by atoms with Crippen LogP contribution in [-0.4, -0.2) is 12.3 Å². The van der Waals surface area contributed by atoms with Gasteiger partial charge in [0.25, 0.3) is 0 Å². The Labute approximate surface area is 288 Å². The number of benzene rings is 5. The van der Waals surface area contributed by atoms with Crippen LogP contribution in [0.4, 0.5) is 28.4 Å². The van der Waals surface area contributed by atoms with Crippen molar-refractivity contribution in [3.05, 3.63) is 159 Å². The predicted octanol–water partition coefficient (Wildman–Crippen LogP) is 11.3. The Balaban J connectivity index is 1.39. The first kappa shape index (κ1) is 30.5. The SMILES string of the molecule is CC1(C)CC(=O)C2=C(C1)N(c1ccc(Br)cc1)C(c1ccc(N(c3ccccc3)c3ccccc3)cc1)N(c1ccc(Br)cc1)C2. The van der Waals surface area contributed by atoms with E-state index in [0.29, 0.717) is 13.0 Å². The number of hydrogen-bond donors (Lipinski definition) is 0. The zero-order chi connectivity index (χ0) is 31.8. The molecule has 0 radical (unpaired) electrons. The van der Waals surface area contributed by atoms with Crippen LogP contribution in [0.2, 0.25) is 0 Å². The third-order valence-corrected chi connectivity index (χ3v) is 9.93. The molecule has 1 aliphatic heterocycles. The quantitative estimate of drug-likeness (QED) is 0.174. The fourth-order valence-corrected chi connectivity index (χ4v) is 7.30. The highest BCUT2D eigenvalue weighted by atomic mass is 79.9. The van der Waals surface area contributed by atoms with E-state index in [9.17, 15) is 4.79 Å². The first-order chi connectivity index (χ1) is 22.3. The summed E-state index contributed by atoms with van der Waals surface area (Å²) in [7, 11) is 0. The van der Waals surface area contributed by atoms with Gasteiger partial charge in [0.05, 0.1) is 6.54 Å². The second-order valence-electron chi connectivity index (χ2n) is 12.8. The molecule has 0 bridgehead atoms. The summed E-state index contributed by atoms with van der Waals surface area (Å²) >= 11 is 7.26. The van der Waals surface area contributed by atoms with Gasteiger partial charge in [-0.1, -0.05) is 94.2 Å². The van der Waals surface area contributed by atoms with E-state index in [0.717, 1.165) is 60.6 Å². The van der Waals surface area contributed by atoms with Crippen molar-refractivity contribution in [1.82, 2.24) is 0 Å². The number of halogens is 2. The molecule has 46 heavy (non-hydrogen) atoms. The van der Waals surface area contributed by atoms with Crippen molar-refractivity contribution in [2.45, 2.75) is 32.9 Å². The molecule has 7 rings (SSSR count). The molecule has 1 atom stereocenters. The van der Waals surface area contributed by atoms with Crippen molar-refractivity contribution in [1.29, 1.82) is 0 Å². The molecular weight excluding hydrogens is 698 g/mol. The molecule has 0 saturated heterocycles. The van der Waals surface area contributed by atoms with Gasteiger partial charge in [-0.05, 0) is 102 Å². The van der Waals surface area contributed by atoms with Gasteiger partial charge in [0.1, 0.15) is 6.17 Å². The Morgan fingerprint density at radius 1 is 0.630 bits per heavy atom. The van der Waals surface area contributed by atoms with Gasteiger partial charge in [0, 0.05) is 55.1 Å². The highest BCUT2D eigenvalue weighted by molar-refractivity contribution is 9.10. The van der Waals surface area contributed by atoms with Crippen molar-refractivity contribution in [2.75, 3.05) is 21.2 Å². The monoisotopic (exact) mass is 731 g/mol. The number of nitrogens with zero attached hydrogens (tertiary/aromatic N) is 3. The second kappa shape index (κ2) is 12.6. The van der Waals surface area contributed by atoms with E-state index in [1.165, 1.54) is 0 Å². The predicted molar refractivity (Wildman–Crippen MR) is 197 cm³/mol. The minimum absolute atomic E-state index is 0.121. The van der Waals surface area contributed by atoms with Gasteiger partial charge in [-0.15, -0.1) is 0 Å². The molecule has 1 aliphatic carbocycles. The van der Waals surface area contributed by atoms with Crippen LogP contribution in [0.25, 0.3) is 0 Å². The molecule has 5 aromatic carbocycles. The summed E-state index contributed by atoms with van der Waals surface area (Å²) in [5.41, 5.74) is 8.48. The molecule has 0 amide bonds. The third-order valence-electron chi connectivity index (χ3n) is 8.87. The zero-order valence-corrected chi connectivity index (χ0v) is 29.1. The summed E-state index contributed by atoms with van der Waals surface area (Å²) in [4.78, 5) is 20.9. The van der Waals surface area contributed by atoms with Crippen LogP contribution in [0.5, 0.6) is 0 Å². The van der Waals surface area contributed by atoms with Crippen LogP contribution in [0, 0.1) is 5.41 Å². The Hall–Kier alpha value is -4.13. The normalized spacial score (nSPS) is 17.6. The van der Waals surface area contributed by atoms with E-state index in [4.69, 9.17) is 0 Å². The molecule has 0 spiro atoms. The summed E-state index contributed by atoms with van der Waals surface area (Å²) in [6, 6.07) is 46.8. The van der Waals surface area contributed by atoms with Crippen LogP contribution in [0.1, 0.15) is 38.4 Å². The summed E-state index contributed by atoms with van der Waals surface area (Å²) in [5, 5.41) is 0. The molecule has 6 heteroatoms. The molecule has 0 aromatic heterocycles. The van der Waals surface area contributed by atoms with Gasteiger partial charge in [-0.2, -0.15) is 0 Å². The van der Waals surface area contributed by atoms with Crippen LogP contribution >= 0.6 is 31.9 Å². The standard InChI is InChI=1S/C40H35Br2N3O/c1-40(2)25-37-36(38(46)26-40)27-43(31-21-15-29(41)16-22-31)39(45(37)35-23-17-30(42)18-24-35)28-13-19-34(20-14-28)44(32-9-5-3-6-10-32)33-11-7-4-8-12-33/h3-24,39H,25-27H2,1-2H3. The Bertz CT molecular complexity index is 1830. The van der Waals surface area contributed by atoms with E-state index in [-0.39, 0.29) is 17.4 Å². The van der Waals surface area contributed by atoms with Gasteiger partial charge < -0.3 is 14.7 Å².